The largest absolute Gasteiger partial charge is 0.465 e. The van der Waals surface area contributed by atoms with Gasteiger partial charge in [0.15, 0.2) is 0 Å². The maximum Gasteiger partial charge on any atom is 0.340 e. The second-order valence-corrected chi connectivity index (χ2v) is 4.69. The highest BCUT2D eigenvalue weighted by Crippen LogP contribution is 2.19. The van der Waals surface area contributed by atoms with Gasteiger partial charge in [0.05, 0.1) is 24.7 Å². The molecule has 0 aliphatic rings. The summed E-state index contributed by atoms with van der Waals surface area (Å²) in [6.07, 6.45) is 1.76. The van der Waals surface area contributed by atoms with E-state index in [1.165, 1.54) is 19.2 Å². The van der Waals surface area contributed by atoms with E-state index >= 15 is 0 Å². The van der Waals surface area contributed by atoms with Crippen molar-refractivity contribution in [2.24, 2.45) is 0 Å². The van der Waals surface area contributed by atoms with E-state index < -0.39 is 11.8 Å². The Morgan fingerprint density at radius 3 is 2.76 bits per heavy atom. The molecule has 0 saturated carbocycles. The number of ether oxygens (including phenoxy) is 1. The summed E-state index contributed by atoms with van der Waals surface area (Å²) < 4.78 is 20.1. The number of halogens is 1. The zero-order chi connectivity index (χ0) is 14.8. The van der Waals surface area contributed by atoms with Crippen LogP contribution in [0.15, 0.2) is 48.7 Å². The van der Waals surface area contributed by atoms with Crippen LogP contribution in [-0.2, 0) is 11.3 Å². The first-order valence-corrected chi connectivity index (χ1v) is 6.46. The summed E-state index contributed by atoms with van der Waals surface area (Å²) >= 11 is 0. The van der Waals surface area contributed by atoms with Crippen molar-refractivity contribution in [3.8, 4) is 0 Å². The number of carbonyl (C=O) groups excluding carboxylic acids is 1. The highest BCUT2D eigenvalue weighted by atomic mass is 19.1. The molecule has 3 rings (SSSR count). The van der Waals surface area contributed by atoms with Gasteiger partial charge in [-0.2, -0.15) is 5.10 Å². The molecular formula is C16H13FN2O2. The minimum atomic E-state index is -0.702. The van der Waals surface area contributed by atoms with E-state index in [1.807, 2.05) is 30.3 Å². The fourth-order valence-electron chi connectivity index (χ4n) is 2.21. The molecule has 0 fully saturated rings. The minimum absolute atomic E-state index is 0.102. The van der Waals surface area contributed by atoms with Crippen molar-refractivity contribution in [3.63, 3.8) is 0 Å². The van der Waals surface area contributed by atoms with Gasteiger partial charge < -0.3 is 4.74 Å². The van der Waals surface area contributed by atoms with E-state index in [1.54, 1.807) is 10.9 Å². The van der Waals surface area contributed by atoms with Crippen LogP contribution in [0.1, 0.15) is 15.9 Å². The average Bonchev–Trinajstić information content (AvgIpc) is 2.87. The van der Waals surface area contributed by atoms with Crippen LogP contribution in [0.2, 0.25) is 0 Å². The van der Waals surface area contributed by atoms with Crippen LogP contribution in [0.25, 0.3) is 10.9 Å². The smallest absolute Gasteiger partial charge is 0.340 e. The summed E-state index contributed by atoms with van der Waals surface area (Å²) in [5.41, 5.74) is 1.56. The first-order chi connectivity index (χ1) is 10.2. The van der Waals surface area contributed by atoms with Gasteiger partial charge in [-0.05, 0) is 17.7 Å². The number of esters is 1. The van der Waals surface area contributed by atoms with Crippen molar-refractivity contribution in [3.05, 3.63) is 65.6 Å². The average molecular weight is 284 g/mol. The van der Waals surface area contributed by atoms with Crippen LogP contribution in [0.4, 0.5) is 4.39 Å². The van der Waals surface area contributed by atoms with Gasteiger partial charge >= 0.3 is 5.97 Å². The lowest BCUT2D eigenvalue weighted by molar-refractivity contribution is 0.0595. The van der Waals surface area contributed by atoms with E-state index in [2.05, 4.69) is 9.84 Å². The Bertz CT molecular complexity index is 797. The molecule has 2 aromatic carbocycles. The predicted molar refractivity (Wildman–Crippen MR) is 76.6 cm³/mol. The van der Waals surface area contributed by atoms with Gasteiger partial charge in [0.1, 0.15) is 5.82 Å². The first kappa shape index (κ1) is 13.3. The Hall–Kier alpha value is -2.69. The summed E-state index contributed by atoms with van der Waals surface area (Å²) in [6.45, 7) is 0.588. The van der Waals surface area contributed by atoms with Gasteiger partial charge in [0.25, 0.3) is 0 Å². The van der Waals surface area contributed by atoms with Crippen molar-refractivity contribution >= 4 is 16.9 Å². The lowest BCUT2D eigenvalue weighted by Gasteiger charge is -2.00. The van der Waals surface area contributed by atoms with E-state index in [9.17, 15) is 9.18 Å². The number of fused-ring (bicyclic) bond motifs is 1. The highest BCUT2D eigenvalue weighted by molar-refractivity contribution is 5.94. The zero-order valence-electron chi connectivity index (χ0n) is 11.4. The summed E-state index contributed by atoms with van der Waals surface area (Å²) in [7, 11) is 1.22. The lowest BCUT2D eigenvalue weighted by Crippen LogP contribution is -2.04. The number of benzene rings is 2. The van der Waals surface area contributed by atoms with Gasteiger partial charge in [-0.3, -0.25) is 4.68 Å². The van der Waals surface area contributed by atoms with E-state index in [-0.39, 0.29) is 5.56 Å². The first-order valence-electron chi connectivity index (χ1n) is 6.46. The van der Waals surface area contributed by atoms with E-state index in [4.69, 9.17) is 0 Å². The van der Waals surface area contributed by atoms with Crippen molar-refractivity contribution in [2.75, 3.05) is 7.11 Å². The third-order valence-electron chi connectivity index (χ3n) is 3.23. The fraction of sp³-hybridized carbons (Fsp3) is 0.125. The topological polar surface area (TPSA) is 44.1 Å². The number of methoxy groups -OCH3 is 1. The maximum atomic E-state index is 13.9. The molecule has 0 saturated heterocycles. The molecule has 3 aromatic rings. The molecule has 0 atom stereocenters. The Labute approximate surface area is 120 Å². The van der Waals surface area contributed by atoms with Crippen molar-refractivity contribution in [1.82, 2.24) is 9.78 Å². The van der Waals surface area contributed by atoms with Crippen LogP contribution >= 0.6 is 0 Å². The molecule has 1 heterocycles. The molecule has 0 unspecified atom stereocenters. The molecular weight excluding hydrogens is 271 g/mol. The molecule has 1 aromatic heterocycles. The summed E-state index contributed by atoms with van der Waals surface area (Å²) in [5.74, 6) is -1.30. The van der Waals surface area contributed by atoms with Crippen LogP contribution in [0.3, 0.4) is 0 Å². The number of carbonyl (C=O) groups is 1. The minimum Gasteiger partial charge on any atom is -0.465 e. The van der Waals surface area contributed by atoms with Crippen LogP contribution in [0.5, 0.6) is 0 Å². The number of aromatic nitrogens is 2. The monoisotopic (exact) mass is 284 g/mol. The molecule has 0 amide bonds. The summed E-state index contributed by atoms with van der Waals surface area (Å²) in [6, 6.07) is 12.6. The lowest BCUT2D eigenvalue weighted by atomic mass is 10.1. The molecule has 106 valence electrons. The SMILES string of the molecule is COC(=O)c1cc2nn(Cc3ccccc3)cc2cc1F. The molecule has 0 aliphatic heterocycles. The second-order valence-electron chi connectivity index (χ2n) is 4.69. The van der Waals surface area contributed by atoms with Gasteiger partial charge in [0, 0.05) is 11.6 Å². The second kappa shape index (κ2) is 5.36. The highest BCUT2D eigenvalue weighted by Gasteiger charge is 2.15. The van der Waals surface area contributed by atoms with Gasteiger partial charge in [-0.15, -0.1) is 0 Å². The third-order valence-corrected chi connectivity index (χ3v) is 3.23. The Kier molecular flexibility index (Phi) is 3.39. The summed E-state index contributed by atoms with van der Waals surface area (Å²) in [4.78, 5) is 11.5. The van der Waals surface area contributed by atoms with Crippen LogP contribution < -0.4 is 0 Å². The molecule has 0 aliphatic carbocycles. The number of hydrogen-bond acceptors (Lipinski definition) is 3. The quantitative estimate of drug-likeness (QED) is 0.694. The molecule has 5 heteroatoms. The molecule has 0 spiro atoms. The van der Waals surface area contributed by atoms with Crippen LogP contribution in [-0.4, -0.2) is 22.9 Å². The zero-order valence-corrected chi connectivity index (χ0v) is 11.4. The van der Waals surface area contributed by atoms with E-state index in [0.29, 0.717) is 17.4 Å². The normalized spacial score (nSPS) is 10.8. The molecule has 0 N–H and O–H groups in total. The van der Waals surface area contributed by atoms with Crippen molar-refractivity contribution in [2.45, 2.75) is 6.54 Å². The third kappa shape index (κ3) is 2.63. The molecule has 4 nitrogen and oxygen atoms in total. The Morgan fingerprint density at radius 1 is 1.29 bits per heavy atom. The fourth-order valence-corrected chi connectivity index (χ4v) is 2.21. The predicted octanol–water partition coefficient (Wildman–Crippen LogP) is 3.01. The number of hydrogen-bond donors (Lipinski definition) is 0. The molecule has 0 radical (unpaired) electrons. The van der Waals surface area contributed by atoms with Crippen LogP contribution in [0, 0.1) is 5.82 Å². The summed E-state index contributed by atoms with van der Waals surface area (Å²) in [5, 5.41) is 5.02. The molecule has 21 heavy (non-hydrogen) atoms. The van der Waals surface area contributed by atoms with E-state index in [0.717, 1.165) is 5.56 Å². The Balaban J connectivity index is 1.98. The van der Waals surface area contributed by atoms with Gasteiger partial charge in [-0.25, -0.2) is 9.18 Å². The number of nitrogens with zero attached hydrogens (tertiary/aromatic N) is 2. The van der Waals surface area contributed by atoms with Crippen molar-refractivity contribution < 1.29 is 13.9 Å². The number of rotatable bonds is 3. The maximum absolute atomic E-state index is 13.9. The van der Waals surface area contributed by atoms with Crippen molar-refractivity contribution in [1.29, 1.82) is 0 Å². The van der Waals surface area contributed by atoms with Gasteiger partial charge in [-0.1, -0.05) is 30.3 Å². The molecule has 0 bridgehead atoms. The van der Waals surface area contributed by atoms with Gasteiger partial charge in [0.2, 0.25) is 0 Å². The standard InChI is InChI=1S/C16H13FN2O2/c1-21-16(20)13-8-15-12(7-14(13)17)10-19(18-15)9-11-5-3-2-4-6-11/h2-8,10H,9H2,1H3. The Morgan fingerprint density at radius 2 is 2.05 bits per heavy atom.